The molecule has 1 amide bonds. The molecule has 20 heavy (non-hydrogen) atoms. The molecule has 5 nitrogen and oxygen atoms in total. The molecule has 0 aliphatic carbocycles. The molecule has 0 aliphatic rings. The number of nitrogens with zero attached hydrogens (tertiary/aromatic N) is 1. The summed E-state index contributed by atoms with van der Waals surface area (Å²) in [5, 5.41) is 8.40. The fraction of sp³-hybridized carbons (Fsp3) is 0.571. The Kier molecular flexibility index (Phi) is 6.01. The van der Waals surface area contributed by atoms with E-state index in [9.17, 15) is 4.79 Å². The van der Waals surface area contributed by atoms with Crippen LogP contribution in [0.25, 0.3) is 0 Å². The van der Waals surface area contributed by atoms with E-state index in [1.807, 2.05) is 20.8 Å². The number of aliphatic imine (C=N–C) groups is 1. The highest BCUT2D eigenvalue weighted by atomic mass is 32.1. The molecule has 1 aromatic heterocycles. The second kappa shape index (κ2) is 7.28. The van der Waals surface area contributed by atoms with Gasteiger partial charge in [-0.25, -0.2) is 4.99 Å². The van der Waals surface area contributed by atoms with E-state index in [0.29, 0.717) is 19.0 Å². The van der Waals surface area contributed by atoms with Gasteiger partial charge in [0.15, 0.2) is 5.96 Å². The first-order valence-corrected chi connectivity index (χ1v) is 7.60. The molecule has 0 bridgehead atoms. The summed E-state index contributed by atoms with van der Waals surface area (Å²) >= 11 is 1.70. The molecule has 0 unspecified atom stereocenters. The van der Waals surface area contributed by atoms with Crippen LogP contribution in [0.5, 0.6) is 0 Å². The molecule has 4 N–H and O–H groups in total. The Bertz CT molecular complexity index is 479. The fourth-order valence-corrected chi connectivity index (χ4v) is 2.28. The van der Waals surface area contributed by atoms with Crippen LogP contribution in [0.15, 0.2) is 16.4 Å². The summed E-state index contributed by atoms with van der Waals surface area (Å²) < 4.78 is 0. The van der Waals surface area contributed by atoms with E-state index in [1.54, 1.807) is 11.3 Å². The third-order valence-electron chi connectivity index (χ3n) is 3.06. The van der Waals surface area contributed by atoms with Crippen molar-refractivity contribution in [3.05, 3.63) is 21.9 Å². The summed E-state index contributed by atoms with van der Waals surface area (Å²) in [6, 6.07) is 2.09. The average Bonchev–Trinajstić information content (AvgIpc) is 2.78. The van der Waals surface area contributed by atoms with Gasteiger partial charge >= 0.3 is 0 Å². The minimum absolute atomic E-state index is 0.324. The molecule has 0 aliphatic heterocycles. The summed E-state index contributed by atoms with van der Waals surface area (Å²) in [5.74, 6) is 0.379. The Morgan fingerprint density at radius 3 is 2.65 bits per heavy atom. The monoisotopic (exact) mass is 296 g/mol. The summed E-state index contributed by atoms with van der Waals surface area (Å²) in [4.78, 5) is 17.1. The number of thiophene rings is 1. The Morgan fingerprint density at radius 1 is 1.45 bits per heavy atom. The predicted octanol–water partition coefficient (Wildman–Crippen LogP) is 1.62. The second-order valence-corrected chi connectivity index (χ2v) is 6.32. The van der Waals surface area contributed by atoms with E-state index in [2.05, 4.69) is 34.0 Å². The maximum Gasteiger partial charge on any atom is 0.224 e. The van der Waals surface area contributed by atoms with Gasteiger partial charge in [0.25, 0.3) is 0 Å². The van der Waals surface area contributed by atoms with Gasteiger partial charge in [-0.2, -0.15) is 0 Å². The van der Waals surface area contributed by atoms with Gasteiger partial charge in [0, 0.05) is 18.0 Å². The number of rotatable bonds is 6. The number of guanidine groups is 1. The molecular formula is C14H24N4OS. The standard InChI is InChI=1S/C14H24N4OS/c1-5-16-13(18-9-14(3,4)12(15)19)17-8-11-10(2)6-7-20-11/h6-7H,5,8-9H2,1-4H3,(H2,15,19)(H2,16,17,18). The van der Waals surface area contributed by atoms with Crippen molar-refractivity contribution in [3.63, 3.8) is 0 Å². The van der Waals surface area contributed by atoms with Crippen LogP contribution in [0.4, 0.5) is 0 Å². The molecule has 1 rings (SSSR count). The van der Waals surface area contributed by atoms with Crippen LogP contribution in [-0.4, -0.2) is 25.0 Å². The highest BCUT2D eigenvalue weighted by Crippen LogP contribution is 2.16. The van der Waals surface area contributed by atoms with Gasteiger partial charge in [-0.15, -0.1) is 11.3 Å². The molecule has 0 saturated carbocycles. The van der Waals surface area contributed by atoms with Crippen molar-refractivity contribution < 1.29 is 4.79 Å². The van der Waals surface area contributed by atoms with Crippen LogP contribution in [0, 0.1) is 12.3 Å². The van der Waals surface area contributed by atoms with E-state index in [1.165, 1.54) is 10.4 Å². The molecule has 0 radical (unpaired) electrons. The fourth-order valence-electron chi connectivity index (χ4n) is 1.45. The van der Waals surface area contributed by atoms with E-state index < -0.39 is 5.41 Å². The van der Waals surface area contributed by atoms with Crippen LogP contribution in [-0.2, 0) is 11.3 Å². The zero-order valence-corrected chi connectivity index (χ0v) is 13.4. The first kappa shape index (κ1) is 16.5. The highest BCUT2D eigenvalue weighted by molar-refractivity contribution is 7.10. The van der Waals surface area contributed by atoms with Crippen molar-refractivity contribution >= 4 is 23.2 Å². The molecule has 0 atom stereocenters. The van der Waals surface area contributed by atoms with Crippen LogP contribution in [0.2, 0.25) is 0 Å². The van der Waals surface area contributed by atoms with E-state index in [4.69, 9.17) is 5.73 Å². The van der Waals surface area contributed by atoms with Crippen LogP contribution < -0.4 is 16.4 Å². The summed E-state index contributed by atoms with van der Waals surface area (Å²) in [6.07, 6.45) is 0. The summed E-state index contributed by atoms with van der Waals surface area (Å²) in [6.45, 7) is 9.58. The van der Waals surface area contributed by atoms with E-state index in [0.717, 1.165) is 6.54 Å². The summed E-state index contributed by atoms with van der Waals surface area (Å²) in [5.41, 5.74) is 6.02. The van der Waals surface area contributed by atoms with Gasteiger partial charge in [0.05, 0.1) is 12.0 Å². The third kappa shape index (κ3) is 4.85. The average molecular weight is 296 g/mol. The summed E-state index contributed by atoms with van der Waals surface area (Å²) in [7, 11) is 0. The van der Waals surface area contributed by atoms with Gasteiger partial charge in [-0.3, -0.25) is 4.79 Å². The predicted molar refractivity (Wildman–Crippen MR) is 84.8 cm³/mol. The van der Waals surface area contributed by atoms with Crippen LogP contribution >= 0.6 is 11.3 Å². The zero-order valence-electron chi connectivity index (χ0n) is 12.6. The maximum absolute atomic E-state index is 11.3. The topological polar surface area (TPSA) is 79.5 Å². The quantitative estimate of drug-likeness (QED) is 0.551. The lowest BCUT2D eigenvalue weighted by atomic mass is 9.93. The first-order chi connectivity index (χ1) is 9.36. The number of amides is 1. The van der Waals surface area contributed by atoms with Crippen molar-refractivity contribution in [1.82, 2.24) is 10.6 Å². The number of aryl methyl sites for hydroxylation is 1. The largest absolute Gasteiger partial charge is 0.369 e. The lowest BCUT2D eigenvalue weighted by Gasteiger charge is -2.22. The Balaban J connectivity index is 2.64. The molecule has 0 saturated heterocycles. The molecule has 1 heterocycles. The third-order valence-corrected chi connectivity index (χ3v) is 4.07. The van der Waals surface area contributed by atoms with E-state index in [-0.39, 0.29) is 5.91 Å². The van der Waals surface area contributed by atoms with Crippen LogP contribution in [0.3, 0.4) is 0 Å². The lowest BCUT2D eigenvalue weighted by molar-refractivity contribution is -0.125. The molecule has 0 spiro atoms. The normalized spacial score (nSPS) is 12.3. The minimum atomic E-state index is -0.602. The van der Waals surface area contributed by atoms with Crippen molar-refractivity contribution in [1.29, 1.82) is 0 Å². The Hall–Kier alpha value is -1.56. The number of nitrogens with two attached hydrogens (primary N) is 1. The minimum Gasteiger partial charge on any atom is -0.369 e. The van der Waals surface area contributed by atoms with Crippen molar-refractivity contribution in [2.45, 2.75) is 34.2 Å². The number of hydrogen-bond acceptors (Lipinski definition) is 3. The zero-order chi connectivity index (χ0) is 15.2. The van der Waals surface area contributed by atoms with Crippen molar-refractivity contribution in [2.75, 3.05) is 13.1 Å². The SMILES string of the molecule is CCNC(=NCc1sccc1C)NCC(C)(C)C(N)=O. The Morgan fingerprint density at radius 2 is 2.15 bits per heavy atom. The number of primary amides is 1. The highest BCUT2D eigenvalue weighted by Gasteiger charge is 2.24. The number of carbonyl (C=O) groups excluding carboxylic acids is 1. The Labute approximate surface area is 124 Å². The number of hydrogen-bond donors (Lipinski definition) is 3. The van der Waals surface area contributed by atoms with Gasteiger partial charge < -0.3 is 16.4 Å². The smallest absolute Gasteiger partial charge is 0.224 e. The van der Waals surface area contributed by atoms with Gasteiger partial charge in [-0.1, -0.05) is 0 Å². The molecular weight excluding hydrogens is 272 g/mol. The number of nitrogens with one attached hydrogen (secondary N) is 2. The second-order valence-electron chi connectivity index (χ2n) is 5.32. The maximum atomic E-state index is 11.3. The van der Waals surface area contributed by atoms with Crippen LogP contribution in [0.1, 0.15) is 31.2 Å². The van der Waals surface area contributed by atoms with Crippen molar-refractivity contribution in [3.8, 4) is 0 Å². The molecule has 112 valence electrons. The van der Waals surface area contributed by atoms with E-state index >= 15 is 0 Å². The van der Waals surface area contributed by atoms with Crippen molar-refractivity contribution in [2.24, 2.45) is 16.1 Å². The molecule has 0 aromatic carbocycles. The molecule has 0 fully saturated rings. The molecule has 1 aromatic rings. The molecule has 6 heteroatoms. The number of carbonyl (C=O) groups is 1. The lowest BCUT2D eigenvalue weighted by Crippen LogP contribution is -2.46. The van der Waals surface area contributed by atoms with Gasteiger partial charge in [-0.05, 0) is 44.7 Å². The van der Waals surface area contributed by atoms with Gasteiger partial charge in [0.1, 0.15) is 0 Å². The van der Waals surface area contributed by atoms with Gasteiger partial charge in [0.2, 0.25) is 5.91 Å². The first-order valence-electron chi connectivity index (χ1n) is 6.72.